The van der Waals surface area contributed by atoms with Crippen LogP contribution in [0.3, 0.4) is 0 Å². The molecule has 1 aromatic rings. The molecule has 1 atom stereocenters. The van der Waals surface area contributed by atoms with Crippen LogP contribution in [0.1, 0.15) is 12.8 Å². The molecule has 0 saturated carbocycles. The van der Waals surface area contributed by atoms with Crippen molar-refractivity contribution in [2.45, 2.75) is 18.1 Å². The quantitative estimate of drug-likeness (QED) is 0.258. The zero-order valence-corrected chi connectivity index (χ0v) is 16.7. The molecule has 0 bridgehead atoms. The third kappa shape index (κ3) is 6.57. The first-order valence-electron chi connectivity index (χ1n) is 7.50. The van der Waals surface area contributed by atoms with Crippen LogP contribution < -0.4 is 16.0 Å². The number of carbonyl (C=O) groups is 1. The van der Waals surface area contributed by atoms with Gasteiger partial charge in [0.25, 0.3) is 0 Å². The Labute approximate surface area is 165 Å². The Hall–Kier alpha value is -1.17. The van der Waals surface area contributed by atoms with E-state index < -0.39 is 29.0 Å². The van der Waals surface area contributed by atoms with E-state index in [2.05, 4.69) is 20.9 Å². The van der Waals surface area contributed by atoms with Crippen LogP contribution in [-0.2, 0) is 4.79 Å². The highest BCUT2D eigenvalue weighted by atomic mass is 127. The molecule has 0 radical (unpaired) electrons. The van der Waals surface area contributed by atoms with Gasteiger partial charge >= 0.3 is 0 Å². The van der Waals surface area contributed by atoms with E-state index in [0.29, 0.717) is 11.2 Å². The third-order valence-electron chi connectivity index (χ3n) is 3.47. The number of hydrogen-bond donors (Lipinski definition) is 3. The first-order valence-corrected chi connectivity index (χ1v) is 8.55. The Balaban J connectivity index is 0.00000312. The summed E-state index contributed by atoms with van der Waals surface area (Å²) in [7, 11) is 1.57. The number of guanidine groups is 1. The zero-order valence-electron chi connectivity index (χ0n) is 13.6. The largest absolute Gasteiger partial charge is 0.355 e. The Morgan fingerprint density at radius 3 is 2.68 bits per heavy atom. The van der Waals surface area contributed by atoms with Crippen molar-refractivity contribution in [3.63, 3.8) is 0 Å². The zero-order chi connectivity index (χ0) is 17.5. The molecular formula is C15H20F3IN4OS. The SMILES string of the molecule is CN=C(NCC(=O)Nc1ccc(F)c(F)c1F)NCC1CCCS1.I. The Morgan fingerprint density at radius 2 is 2.04 bits per heavy atom. The van der Waals surface area contributed by atoms with E-state index in [1.807, 2.05) is 11.8 Å². The number of amides is 1. The van der Waals surface area contributed by atoms with Crippen LogP contribution in [-0.4, -0.2) is 43.0 Å². The van der Waals surface area contributed by atoms with Crippen molar-refractivity contribution in [2.75, 3.05) is 31.2 Å². The maximum Gasteiger partial charge on any atom is 0.243 e. The lowest BCUT2D eigenvalue weighted by atomic mass is 10.2. The monoisotopic (exact) mass is 488 g/mol. The highest BCUT2D eigenvalue weighted by Crippen LogP contribution is 2.25. The number of carbonyl (C=O) groups excluding carboxylic acids is 1. The van der Waals surface area contributed by atoms with Gasteiger partial charge < -0.3 is 16.0 Å². The number of benzene rings is 1. The first kappa shape index (κ1) is 21.9. The number of aliphatic imine (C=N–C) groups is 1. The summed E-state index contributed by atoms with van der Waals surface area (Å²) in [6.07, 6.45) is 2.34. The van der Waals surface area contributed by atoms with Crippen molar-refractivity contribution in [2.24, 2.45) is 4.99 Å². The van der Waals surface area contributed by atoms with Crippen LogP contribution in [0.15, 0.2) is 17.1 Å². The number of rotatable bonds is 5. The molecule has 1 saturated heterocycles. The molecule has 1 amide bonds. The third-order valence-corrected chi connectivity index (χ3v) is 4.87. The molecule has 5 nitrogen and oxygen atoms in total. The lowest BCUT2D eigenvalue weighted by Gasteiger charge is -2.14. The van der Waals surface area contributed by atoms with E-state index in [1.54, 1.807) is 7.05 Å². The number of thioether (sulfide) groups is 1. The van der Waals surface area contributed by atoms with Crippen molar-refractivity contribution >= 4 is 53.3 Å². The Morgan fingerprint density at radius 1 is 1.28 bits per heavy atom. The van der Waals surface area contributed by atoms with Crippen LogP contribution in [0, 0.1) is 17.5 Å². The molecular weight excluding hydrogens is 468 g/mol. The summed E-state index contributed by atoms with van der Waals surface area (Å²) < 4.78 is 39.4. The maximum atomic E-state index is 13.5. The van der Waals surface area contributed by atoms with Gasteiger partial charge in [0.15, 0.2) is 23.4 Å². The van der Waals surface area contributed by atoms with E-state index >= 15 is 0 Å². The lowest BCUT2D eigenvalue weighted by molar-refractivity contribution is -0.115. The van der Waals surface area contributed by atoms with E-state index in [1.165, 1.54) is 6.42 Å². The van der Waals surface area contributed by atoms with Gasteiger partial charge in [0, 0.05) is 18.8 Å². The number of hydrogen-bond acceptors (Lipinski definition) is 3. The number of halogens is 4. The highest BCUT2D eigenvalue weighted by Gasteiger charge is 2.17. The maximum absolute atomic E-state index is 13.5. The number of nitrogens with zero attached hydrogens (tertiary/aromatic N) is 1. The summed E-state index contributed by atoms with van der Waals surface area (Å²) >= 11 is 1.89. The fraction of sp³-hybridized carbons (Fsp3) is 0.467. The van der Waals surface area contributed by atoms with Gasteiger partial charge in [0.1, 0.15) is 0 Å². The van der Waals surface area contributed by atoms with Gasteiger partial charge in [-0.05, 0) is 30.7 Å². The van der Waals surface area contributed by atoms with E-state index in [0.717, 1.165) is 30.9 Å². The van der Waals surface area contributed by atoms with Crippen LogP contribution >= 0.6 is 35.7 Å². The molecule has 0 spiro atoms. The molecule has 1 aliphatic rings. The normalized spacial score (nSPS) is 17.0. The van der Waals surface area contributed by atoms with Crippen molar-refractivity contribution in [3.05, 3.63) is 29.6 Å². The van der Waals surface area contributed by atoms with E-state index in [-0.39, 0.29) is 30.5 Å². The van der Waals surface area contributed by atoms with E-state index in [9.17, 15) is 18.0 Å². The summed E-state index contributed by atoms with van der Waals surface area (Å²) in [4.78, 5) is 15.8. The molecule has 140 valence electrons. The minimum absolute atomic E-state index is 0. The smallest absolute Gasteiger partial charge is 0.243 e. The van der Waals surface area contributed by atoms with Crippen molar-refractivity contribution in [1.82, 2.24) is 10.6 Å². The van der Waals surface area contributed by atoms with Gasteiger partial charge in [-0.25, -0.2) is 13.2 Å². The van der Waals surface area contributed by atoms with Crippen LogP contribution in [0.5, 0.6) is 0 Å². The molecule has 2 rings (SSSR count). The summed E-state index contributed by atoms with van der Waals surface area (Å²) in [6, 6.07) is 1.72. The van der Waals surface area contributed by atoms with Crippen molar-refractivity contribution in [3.8, 4) is 0 Å². The molecule has 3 N–H and O–H groups in total. The van der Waals surface area contributed by atoms with Crippen LogP contribution in [0.25, 0.3) is 0 Å². The summed E-state index contributed by atoms with van der Waals surface area (Å²) in [6.45, 7) is 0.555. The first-order chi connectivity index (χ1) is 11.5. The van der Waals surface area contributed by atoms with Crippen molar-refractivity contribution in [1.29, 1.82) is 0 Å². The van der Waals surface area contributed by atoms with E-state index in [4.69, 9.17) is 0 Å². The molecule has 0 aromatic heterocycles. The van der Waals surface area contributed by atoms with Gasteiger partial charge in [0.05, 0.1) is 12.2 Å². The number of nitrogens with one attached hydrogen (secondary N) is 3. The molecule has 0 aliphatic carbocycles. The minimum Gasteiger partial charge on any atom is -0.355 e. The minimum atomic E-state index is -1.62. The molecule has 1 aliphatic heterocycles. The molecule has 25 heavy (non-hydrogen) atoms. The van der Waals surface area contributed by atoms with Gasteiger partial charge in [-0.1, -0.05) is 0 Å². The molecule has 1 aromatic carbocycles. The topological polar surface area (TPSA) is 65.5 Å². The van der Waals surface area contributed by atoms with Gasteiger partial charge in [-0.2, -0.15) is 11.8 Å². The summed E-state index contributed by atoms with van der Waals surface area (Å²) in [5.74, 6) is -3.35. The average Bonchev–Trinajstić information content (AvgIpc) is 3.09. The average molecular weight is 488 g/mol. The fourth-order valence-corrected chi connectivity index (χ4v) is 3.42. The predicted octanol–water partition coefficient (Wildman–Crippen LogP) is 2.72. The van der Waals surface area contributed by atoms with Crippen molar-refractivity contribution < 1.29 is 18.0 Å². The highest BCUT2D eigenvalue weighted by molar-refractivity contribution is 14.0. The second-order valence-corrected chi connectivity index (χ2v) is 6.62. The fourth-order valence-electron chi connectivity index (χ4n) is 2.22. The Kier molecular flexibility index (Phi) is 9.39. The van der Waals surface area contributed by atoms with Crippen LogP contribution in [0.4, 0.5) is 18.9 Å². The van der Waals surface area contributed by atoms with Gasteiger partial charge in [0.2, 0.25) is 5.91 Å². The second-order valence-electron chi connectivity index (χ2n) is 5.21. The second kappa shape index (κ2) is 10.7. The molecule has 1 fully saturated rings. The number of anilines is 1. The van der Waals surface area contributed by atoms with Gasteiger partial charge in [-0.3, -0.25) is 9.79 Å². The van der Waals surface area contributed by atoms with Gasteiger partial charge in [-0.15, -0.1) is 24.0 Å². The Bertz CT molecular complexity index is 627. The predicted molar refractivity (Wildman–Crippen MR) is 105 cm³/mol. The molecule has 1 heterocycles. The molecule has 1 unspecified atom stereocenters. The molecule has 10 heteroatoms. The standard InChI is InChI=1S/C15H19F3N4OS.HI/c1-19-15(20-7-9-3-2-6-24-9)21-8-12(23)22-11-5-4-10(16)13(17)14(11)18;/h4-5,9H,2-3,6-8H2,1H3,(H,22,23)(H2,19,20,21);1H. The lowest BCUT2D eigenvalue weighted by Crippen LogP contribution is -2.43. The summed E-state index contributed by atoms with van der Waals surface area (Å²) in [5.41, 5.74) is -0.411. The summed E-state index contributed by atoms with van der Waals surface area (Å²) in [5, 5.41) is 8.61. The van der Waals surface area contributed by atoms with Crippen LogP contribution in [0.2, 0.25) is 0 Å².